The molecule has 0 heterocycles. The minimum absolute atomic E-state index is 0.00977. The summed E-state index contributed by atoms with van der Waals surface area (Å²) in [6.45, 7) is 7.65. The highest BCUT2D eigenvalue weighted by molar-refractivity contribution is 5.97. The highest BCUT2D eigenvalue weighted by Gasteiger charge is 2.21. The van der Waals surface area contributed by atoms with Crippen molar-refractivity contribution in [2.24, 2.45) is 5.92 Å². The summed E-state index contributed by atoms with van der Waals surface area (Å²) in [6.07, 6.45) is 0. The van der Waals surface area contributed by atoms with Crippen LogP contribution in [0.4, 0.5) is 5.69 Å². The Morgan fingerprint density at radius 1 is 0.880 bits per heavy atom. The van der Waals surface area contributed by atoms with Crippen molar-refractivity contribution in [2.75, 3.05) is 5.32 Å². The van der Waals surface area contributed by atoms with E-state index in [0.717, 1.165) is 0 Å². The maximum atomic E-state index is 12.5. The lowest BCUT2D eigenvalue weighted by molar-refractivity contribution is -0.118. The SMILES string of the molecule is CC(=O)c1ccc(NC(=O)[C@@H](C)N[C@@H](c2ccccc2)C(C)C)cc1. The largest absolute Gasteiger partial charge is 0.325 e. The fourth-order valence-corrected chi connectivity index (χ4v) is 2.72. The van der Waals surface area contributed by atoms with Gasteiger partial charge < -0.3 is 5.32 Å². The van der Waals surface area contributed by atoms with Crippen LogP contribution in [0, 0.1) is 5.92 Å². The van der Waals surface area contributed by atoms with Crippen LogP contribution in [0.2, 0.25) is 0 Å². The molecule has 2 aromatic rings. The van der Waals surface area contributed by atoms with Crippen LogP contribution in [0.25, 0.3) is 0 Å². The lowest BCUT2D eigenvalue weighted by Crippen LogP contribution is -2.41. The van der Waals surface area contributed by atoms with Gasteiger partial charge in [0, 0.05) is 17.3 Å². The summed E-state index contributed by atoms with van der Waals surface area (Å²) in [6, 6.07) is 16.8. The van der Waals surface area contributed by atoms with Gasteiger partial charge in [0.05, 0.1) is 6.04 Å². The fraction of sp³-hybridized carbons (Fsp3) is 0.333. The minimum Gasteiger partial charge on any atom is -0.325 e. The van der Waals surface area contributed by atoms with Crippen molar-refractivity contribution in [1.82, 2.24) is 5.32 Å². The molecule has 0 aliphatic carbocycles. The highest BCUT2D eigenvalue weighted by Crippen LogP contribution is 2.22. The average molecular weight is 338 g/mol. The molecular formula is C21H26N2O2. The summed E-state index contributed by atoms with van der Waals surface area (Å²) in [5.41, 5.74) is 2.49. The summed E-state index contributed by atoms with van der Waals surface area (Å²) in [5, 5.41) is 6.31. The van der Waals surface area contributed by atoms with Gasteiger partial charge in [-0.25, -0.2) is 0 Å². The third kappa shape index (κ3) is 5.26. The van der Waals surface area contributed by atoms with E-state index in [-0.39, 0.29) is 23.8 Å². The van der Waals surface area contributed by atoms with E-state index in [1.54, 1.807) is 24.3 Å². The van der Waals surface area contributed by atoms with Gasteiger partial charge in [-0.1, -0.05) is 44.2 Å². The number of amides is 1. The van der Waals surface area contributed by atoms with E-state index in [0.29, 0.717) is 17.2 Å². The Balaban J connectivity index is 2.02. The summed E-state index contributed by atoms with van der Waals surface area (Å²) >= 11 is 0. The molecule has 0 fully saturated rings. The van der Waals surface area contributed by atoms with Crippen molar-refractivity contribution in [3.8, 4) is 0 Å². The zero-order valence-electron chi connectivity index (χ0n) is 15.2. The van der Waals surface area contributed by atoms with E-state index >= 15 is 0 Å². The number of hydrogen-bond acceptors (Lipinski definition) is 3. The van der Waals surface area contributed by atoms with Gasteiger partial charge in [0.25, 0.3) is 0 Å². The van der Waals surface area contributed by atoms with E-state index < -0.39 is 0 Å². The Hall–Kier alpha value is -2.46. The molecule has 2 atom stereocenters. The van der Waals surface area contributed by atoms with E-state index in [1.807, 2.05) is 25.1 Å². The molecule has 0 saturated carbocycles. The number of benzene rings is 2. The maximum Gasteiger partial charge on any atom is 0.241 e. The third-order valence-corrected chi connectivity index (χ3v) is 4.21. The number of rotatable bonds is 7. The molecule has 0 aromatic heterocycles. The summed E-state index contributed by atoms with van der Waals surface area (Å²) < 4.78 is 0. The maximum absolute atomic E-state index is 12.5. The average Bonchev–Trinajstić information content (AvgIpc) is 2.60. The van der Waals surface area contributed by atoms with Gasteiger partial charge in [0.15, 0.2) is 5.78 Å². The quantitative estimate of drug-likeness (QED) is 0.744. The Bertz CT molecular complexity index is 708. The Morgan fingerprint density at radius 3 is 2.00 bits per heavy atom. The van der Waals surface area contributed by atoms with Crippen molar-refractivity contribution < 1.29 is 9.59 Å². The predicted molar refractivity (Wildman–Crippen MR) is 102 cm³/mol. The number of carbonyl (C=O) groups excluding carboxylic acids is 2. The molecule has 2 aromatic carbocycles. The van der Waals surface area contributed by atoms with E-state index in [4.69, 9.17) is 0 Å². The lowest BCUT2D eigenvalue weighted by Gasteiger charge is -2.26. The molecule has 0 aliphatic heterocycles. The van der Waals surface area contributed by atoms with Gasteiger partial charge in [-0.2, -0.15) is 0 Å². The molecule has 0 bridgehead atoms. The number of nitrogens with one attached hydrogen (secondary N) is 2. The standard InChI is InChI=1S/C21H26N2O2/c1-14(2)20(18-8-6-5-7-9-18)22-15(3)21(25)23-19-12-10-17(11-13-19)16(4)24/h5-15,20,22H,1-4H3,(H,23,25)/t15-,20-/m1/s1. The molecule has 4 heteroatoms. The summed E-state index contributed by atoms with van der Waals surface area (Å²) in [5.74, 6) is 0.264. The van der Waals surface area contributed by atoms with Crippen LogP contribution in [-0.4, -0.2) is 17.7 Å². The molecule has 132 valence electrons. The molecule has 1 amide bonds. The van der Waals surface area contributed by atoms with Gasteiger partial charge in [-0.15, -0.1) is 0 Å². The van der Waals surface area contributed by atoms with Gasteiger partial charge in [-0.05, 0) is 49.6 Å². The van der Waals surface area contributed by atoms with Gasteiger partial charge in [0.1, 0.15) is 0 Å². The van der Waals surface area contributed by atoms with Crippen LogP contribution in [-0.2, 0) is 4.79 Å². The second-order valence-corrected chi connectivity index (χ2v) is 6.64. The molecule has 2 rings (SSSR count). The Kier molecular flexibility index (Phi) is 6.48. The topological polar surface area (TPSA) is 58.2 Å². The first-order valence-corrected chi connectivity index (χ1v) is 8.61. The monoisotopic (exact) mass is 338 g/mol. The first kappa shape index (κ1) is 18.9. The van der Waals surface area contributed by atoms with E-state index in [1.165, 1.54) is 12.5 Å². The smallest absolute Gasteiger partial charge is 0.241 e. The fourth-order valence-electron chi connectivity index (χ4n) is 2.72. The summed E-state index contributed by atoms with van der Waals surface area (Å²) in [4.78, 5) is 23.8. The lowest BCUT2D eigenvalue weighted by atomic mass is 9.95. The van der Waals surface area contributed by atoms with Crippen LogP contribution in [0.1, 0.15) is 49.7 Å². The molecule has 0 radical (unpaired) electrons. The summed E-state index contributed by atoms with van der Waals surface area (Å²) in [7, 11) is 0. The van der Waals surface area contributed by atoms with Crippen LogP contribution in [0.15, 0.2) is 54.6 Å². The van der Waals surface area contributed by atoms with Gasteiger partial charge >= 0.3 is 0 Å². The molecule has 0 saturated heterocycles. The third-order valence-electron chi connectivity index (χ3n) is 4.21. The molecule has 0 unspecified atom stereocenters. The van der Waals surface area contributed by atoms with E-state index in [2.05, 4.69) is 36.6 Å². The normalized spacial score (nSPS) is 13.3. The Labute approximate surface area is 149 Å². The van der Waals surface area contributed by atoms with Crippen LogP contribution < -0.4 is 10.6 Å². The van der Waals surface area contributed by atoms with Gasteiger partial charge in [0.2, 0.25) is 5.91 Å². The first-order valence-electron chi connectivity index (χ1n) is 8.61. The molecule has 0 spiro atoms. The van der Waals surface area contributed by atoms with Crippen LogP contribution >= 0.6 is 0 Å². The minimum atomic E-state index is -0.347. The van der Waals surface area contributed by atoms with Crippen molar-refractivity contribution in [3.05, 3.63) is 65.7 Å². The second-order valence-electron chi connectivity index (χ2n) is 6.64. The molecular weight excluding hydrogens is 312 g/mol. The van der Waals surface area contributed by atoms with Crippen molar-refractivity contribution in [1.29, 1.82) is 0 Å². The predicted octanol–water partition coefficient (Wildman–Crippen LogP) is 4.20. The van der Waals surface area contributed by atoms with Gasteiger partial charge in [-0.3, -0.25) is 14.9 Å². The van der Waals surface area contributed by atoms with Crippen LogP contribution in [0.3, 0.4) is 0 Å². The highest BCUT2D eigenvalue weighted by atomic mass is 16.2. The Morgan fingerprint density at radius 2 is 1.48 bits per heavy atom. The van der Waals surface area contributed by atoms with Crippen molar-refractivity contribution in [2.45, 2.75) is 39.8 Å². The van der Waals surface area contributed by atoms with E-state index in [9.17, 15) is 9.59 Å². The number of Topliss-reactive ketones (excluding diaryl/α,β-unsaturated/α-hetero) is 1. The number of hydrogen-bond donors (Lipinski definition) is 2. The molecule has 2 N–H and O–H groups in total. The first-order chi connectivity index (χ1) is 11.9. The zero-order chi connectivity index (χ0) is 18.4. The molecule has 0 aliphatic rings. The second kappa shape index (κ2) is 8.58. The number of anilines is 1. The molecule has 25 heavy (non-hydrogen) atoms. The zero-order valence-corrected chi connectivity index (χ0v) is 15.2. The number of ketones is 1. The molecule has 4 nitrogen and oxygen atoms in total. The van der Waals surface area contributed by atoms with Crippen molar-refractivity contribution in [3.63, 3.8) is 0 Å². The van der Waals surface area contributed by atoms with Crippen molar-refractivity contribution >= 4 is 17.4 Å². The number of carbonyl (C=O) groups is 2. The van der Waals surface area contributed by atoms with Crippen LogP contribution in [0.5, 0.6) is 0 Å².